The van der Waals surface area contributed by atoms with E-state index in [1.165, 1.54) is 10.9 Å². The van der Waals surface area contributed by atoms with Gasteiger partial charge >= 0.3 is 6.09 Å². The van der Waals surface area contributed by atoms with Crippen molar-refractivity contribution < 1.29 is 14.3 Å². The zero-order chi connectivity index (χ0) is 22.0. The van der Waals surface area contributed by atoms with Crippen LogP contribution in [0.1, 0.15) is 38.3 Å². The molecule has 3 rings (SSSR count). The number of rotatable bonds is 6. The van der Waals surface area contributed by atoms with Crippen LogP contribution in [0.4, 0.5) is 10.5 Å². The second kappa shape index (κ2) is 11.1. The molecule has 7 heteroatoms. The Labute approximate surface area is 177 Å². The number of benzene rings is 1. The lowest BCUT2D eigenvalue weighted by atomic mass is 10.1. The third-order valence-electron chi connectivity index (χ3n) is 4.04. The summed E-state index contributed by atoms with van der Waals surface area (Å²) in [5.41, 5.74) is 3.41. The van der Waals surface area contributed by atoms with Gasteiger partial charge in [0.2, 0.25) is 0 Å². The molecule has 0 saturated carbocycles. The molecular formula is C23H30N4O3. The molecule has 0 bridgehead atoms. The van der Waals surface area contributed by atoms with Crippen LogP contribution < -0.4 is 10.6 Å². The van der Waals surface area contributed by atoms with E-state index in [-0.39, 0.29) is 0 Å². The molecule has 3 N–H and O–H groups in total. The van der Waals surface area contributed by atoms with Crippen LogP contribution in [0.15, 0.2) is 48.8 Å². The van der Waals surface area contributed by atoms with Gasteiger partial charge in [0, 0.05) is 36.4 Å². The van der Waals surface area contributed by atoms with E-state index in [4.69, 9.17) is 4.74 Å². The predicted molar refractivity (Wildman–Crippen MR) is 120 cm³/mol. The van der Waals surface area contributed by atoms with Crippen LogP contribution in [0.2, 0.25) is 0 Å². The van der Waals surface area contributed by atoms with Crippen molar-refractivity contribution in [2.45, 2.75) is 45.8 Å². The topological polar surface area (TPSA) is 96.1 Å². The summed E-state index contributed by atoms with van der Waals surface area (Å²) in [5.74, 6) is 0. The lowest BCUT2D eigenvalue weighted by Gasteiger charge is -2.19. The number of aromatic nitrogens is 2. The zero-order valence-corrected chi connectivity index (χ0v) is 18.0. The molecule has 1 amide bonds. The molecule has 0 saturated heterocycles. The number of anilines is 1. The highest BCUT2D eigenvalue weighted by atomic mass is 16.6. The van der Waals surface area contributed by atoms with E-state index < -0.39 is 11.7 Å². The number of amides is 1. The van der Waals surface area contributed by atoms with Crippen LogP contribution in [0.5, 0.6) is 0 Å². The molecule has 7 nitrogen and oxygen atoms in total. The summed E-state index contributed by atoms with van der Waals surface area (Å²) in [4.78, 5) is 29.2. The van der Waals surface area contributed by atoms with Gasteiger partial charge in [-0.25, -0.2) is 9.78 Å². The third-order valence-corrected chi connectivity index (χ3v) is 4.04. The Balaban J connectivity index is 0.000000230. The monoisotopic (exact) mass is 410 g/mol. The van der Waals surface area contributed by atoms with E-state index in [1.54, 1.807) is 6.07 Å². The first-order valence-corrected chi connectivity index (χ1v) is 9.90. The average Bonchev–Trinajstić information content (AvgIpc) is 3.16. The number of aldehydes is 1. The van der Waals surface area contributed by atoms with Gasteiger partial charge in [0.05, 0.1) is 0 Å². The van der Waals surface area contributed by atoms with E-state index in [9.17, 15) is 9.59 Å². The molecule has 160 valence electrons. The van der Waals surface area contributed by atoms with Crippen molar-refractivity contribution in [3.63, 3.8) is 0 Å². The molecule has 0 unspecified atom stereocenters. The van der Waals surface area contributed by atoms with Crippen molar-refractivity contribution >= 4 is 29.1 Å². The van der Waals surface area contributed by atoms with Crippen LogP contribution in [-0.2, 0) is 22.5 Å². The lowest BCUT2D eigenvalue weighted by molar-refractivity contribution is -0.107. The summed E-state index contributed by atoms with van der Waals surface area (Å²) in [6, 6.07) is 11.5. The Morgan fingerprint density at radius 1 is 1.23 bits per heavy atom. The maximum Gasteiger partial charge on any atom is 0.412 e. The smallest absolute Gasteiger partial charge is 0.412 e. The first-order valence-electron chi connectivity index (χ1n) is 9.90. The summed E-state index contributed by atoms with van der Waals surface area (Å²) in [5, 5.41) is 6.99. The molecule has 30 heavy (non-hydrogen) atoms. The van der Waals surface area contributed by atoms with Crippen molar-refractivity contribution in [2.24, 2.45) is 0 Å². The molecule has 0 aliphatic heterocycles. The number of nitrogens with zero attached hydrogens (tertiary/aromatic N) is 1. The zero-order valence-electron chi connectivity index (χ0n) is 18.0. The molecule has 3 aromatic rings. The van der Waals surface area contributed by atoms with E-state index in [0.29, 0.717) is 18.5 Å². The molecule has 0 fully saturated rings. The number of pyridine rings is 1. The minimum absolute atomic E-state index is 0.477. The summed E-state index contributed by atoms with van der Waals surface area (Å²) in [6.07, 6.45) is 5.30. The van der Waals surface area contributed by atoms with E-state index in [1.807, 2.05) is 64.5 Å². The number of hydrogen-bond donors (Lipinski definition) is 3. The molecule has 0 spiro atoms. The Bertz CT molecular complexity index is 960. The second-order valence-electron chi connectivity index (χ2n) is 7.77. The van der Waals surface area contributed by atoms with Gasteiger partial charge in [0.15, 0.2) is 0 Å². The number of carbonyl (C=O) groups is 2. The van der Waals surface area contributed by atoms with Gasteiger partial charge in [-0.05, 0) is 69.6 Å². The Morgan fingerprint density at radius 2 is 2.03 bits per heavy atom. The molecular weight excluding hydrogens is 380 g/mol. The van der Waals surface area contributed by atoms with Gasteiger partial charge in [-0.3, -0.25) is 5.32 Å². The fourth-order valence-electron chi connectivity index (χ4n) is 2.81. The third kappa shape index (κ3) is 7.67. The SMILES string of the molecule is CC(C)(C)OC(=O)Nc1cccc(CCC=O)c1.CNCc1ccnc2[nH]ccc12. The summed E-state index contributed by atoms with van der Waals surface area (Å²) in [6.45, 7) is 6.32. The molecule has 0 aliphatic rings. The average molecular weight is 411 g/mol. The molecule has 0 atom stereocenters. The normalized spacial score (nSPS) is 10.8. The van der Waals surface area contributed by atoms with Crippen molar-refractivity contribution in [3.05, 3.63) is 59.9 Å². The first-order chi connectivity index (χ1) is 14.3. The van der Waals surface area contributed by atoms with Gasteiger partial charge in [0.25, 0.3) is 0 Å². The van der Waals surface area contributed by atoms with Crippen molar-refractivity contribution in [2.75, 3.05) is 12.4 Å². The fraction of sp³-hybridized carbons (Fsp3) is 0.348. The van der Waals surface area contributed by atoms with Crippen LogP contribution in [-0.4, -0.2) is 35.0 Å². The van der Waals surface area contributed by atoms with Crippen molar-refractivity contribution in [1.82, 2.24) is 15.3 Å². The number of H-pyrrole nitrogens is 1. The van der Waals surface area contributed by atoms with Gasteiger partial charge in [-0.15, -0.1) is 0 Å². The number of aryl methyl sites for hydroxylation is 1. The van der Waals surface area contributed by atoms with Crippen molar-refractivity contribution in [3.8, 4) is 0 Å². The highest BCUT2D eigenvalue weighted by Crippen LogP contribution is 2.15. The highest BCUT2D eigenvalue weighted by Gasteiger charge is 2.16. The molecule has 1 aromatic carbocycles. The highest BCUT2D eigenvalue weighted by molar-refractivity contribution is 5.85. The van der Waals surface area contributed by atoms with E-state index >= 15 is 0 Å². The van der Waals surface area contributed by atoms with E-state index in [0.717, 1.165) is 24.0 Å². The molecule has 2 heterocycles. The Hall–Kier alpha value is -3.19. The fourth-order valence-corrected chi connectivity index (χ4v) is 2.81. The number of ether oxygens (including phenoxy) is 1. The van der Waals surface area contributed by atoms with E-state index in [2.05, 4.69) is 26.7 Å². The largest absolute Gasteiger partial charge is 0.444 e. The standard InChI is InChI=1S/C14H19NO3.C9H11N3/c1-14(2,3)18-13(17)15-12-8-4-6-11(10-12)7-5-9-16;1-10-6-7-2-4-11-9-8(7)3-5-12-9/h4,6,8-10H,5,7H2,1-3H3,(H,15,17);2-5,10H,6H2,1H3,(H,11,12). The first kappa shape index (κ1) is 23.1. The van der Waals surface area contributed by atoms with Crippen LogP contribution in [0.25, 0.3) is 11.0 Å². The molecule has 2 aromatic heterocycles. The van der Waals surface area contributed by atoms with Crippen LogP contribution >= 0.6 is 0 Å². The number of nitrogens with one attached hydrogen (secondary N) is 3. The number of hydrogen-bond acceptors (Lipinski definition) is 5. The summed E-state index contributed by atoms with van der Waals surface area (Å²) in [7, 11) is 1.94. The number of fused-ring (bicyclic) bond motifs is 1. The maximum atomic E-state index is 11.6. The quantitative estimate of drug-likeness (QED) is 0.522. The lowest BCUT2D eigenvalue weighted by Crippen LogP contribution is -2.27. The number of aromatic amines is 1. The van der Waals surface area contributed by atoms with Crippen molar-refractivity contribution in [1.29, 1.82) is 0 Å². The second-order valence-corrected chi connectivity index (χ2v) is 7.77. The van der Waals surface area contributed by atoms with Gasteiger partial charge in [-0.2, -0.15) is 0 Å². The Morgan fingerprint density at radius 3 is 2.73 bits per heavy atom. The van der Waals surface area contributed by atoms with Crippen LogP contribution in [0.3, 0.4) is 0 Å². The van der Waals surface area contributed by atoms with Gasteiger partial charge in [0.1, 0.15) is 17.5 Å². The Kier molecular flexibility index (Phi) is 8.55. The summed E-state index contributed by atoms with van der Waals surface area (Å²) < 4.78 is 5.16. The predicted octanol–water partition coefficient (Wildman–Crippen LogP) is 4.45. The number of carbonyl (C=O) groups excluding carboxylic acids is 2. The molecule has 0 radical (unpaired) electrons. The maximum absolute atomic E-state index is 11.6. The minimum Gasteiger partial charge on any atom is -0.444 e. The van der Waals surface area contributed by atoms with Gasteiger partial charge < -0.3 is 19.8 Å². The minimum atomic E-state index is -0.515. The van der Waals surface area contributed by atoms with Crippen LogP contribution in [0, 0.1) is 0 Å². The summed E-state index contributed by atoms with van der Waals surface area (Å²) >= 11 is 0. The molecule has 0 aliphatic carbocycles. The van der Waals surface area contributed by atoms with Gasteiger partial charge in [-0.1, -0.05) is 12.1 Å².